The molecule has 2 rings (SSSR count). The third-order valence-corrected chi connectivity index (χ3v) is 2.89. The first kappa shape index (κ1) is 12.0. The van der Waals surface area contributed by atoms with Crippen LogP contribution in [-0.2, 0) is 17.6 Å². The zero-order valence-corrected chi connectivity index (χ0v) is 9.09. The third kappa shape index (κ3) is 2.13. The summed E-state index contributed by atoms with van der Waals surface area (Å²) in [6, 6.07) is 7.89. The highest BCUT2D eigenvalue weighted by Crippen LogP contribution is 2.26. The maximum absolute atomic E-state index is 11.0. The molecule has 3 N–H and O–H groups in total. The molecule has 1 aliphatic rings. The second-order valence-electron chi connectivity index (χ2n) is 3.91. The first-order valence-corrected chi connectivity index (χ1v) is 4.71. The zero-order chi connectivity index (χ0) is 10.2. The Labute approximate surface area is 94.7 Å². The molecule has 1 aliphatic carbocycles. The van der Waals surface area contributed by atoms with E-state index < -0.39 is 11.5 Å². The molecule has 15 heavy (non-hydrogen) atoms. The van der Waals surface area contributed by atoms with Gasteiger partial charge in [-0.15, -0.1) is 12.4 Å². The lowest BCUT2D eigenvalue weighted by Gasteiger charge is -2.30. The number of rotatable bonds is 1. The Balaban J connectivity index is 0.00000112. The maximum atomic E-state index is 11.0. The molecule has 0 bridgehead atoms. The number of fused-ring (bicyclic) bond motifs is 1. The van der Waals surface area contributed by atoms with E-state index in [1.165, 1.54) is 5.56 Å². The minimum atomic E-state index is -1.06. The van der Waals surface area contributed by atoms with Gasteiger partial charge in [-0.3, -0.25) is 4.79 Å². The first-order chi connectivity index (χ1) is 6.62. The Morgan fingerprint density at radius 2 is 1.93 bits per heavy atom. The van der Waals surface area contributed by atoms with Gasteiger partial charge in [-0.25, -0.2) is 0 Å². The predicted molar refractivity (Wildman–Crippen MR) is 60.3 cm³/mol. The topological polar surface area (TPSA) is 63.3 Å². The second-order valence-corrected chi connectivity index (χ2v) is 3.91. The average molecular weight is 228 g/mol. The summed E-state index contributed by atoms with van der Waals surface area (Å²) in [5.74, 6) is -0.896. The summed E-state index contributed by atoms with van der Waals surface area (Å²) in [6.07, 6.45) is 1.73. The minimum absolute atomic E-state index is 0. The van der Waals surface area contributed by atoms with Crippen LogP contribution in [0.4, 0.5) is 0 Å². The lowest BCUT2D eigenvalue weighted by molar-refractivity contribution is -0.143. The Bertz CT molecular complexity index is 381. The monoisotopic (exact) mass is 227 g/mol. The van der Waals surface area contributed by atoms with Crippen molar-refractivity contribution in [3.05, 3.63) is 35.4 Å². The van der Waals surface area contributed by atoms with Gasteiger partial charge in [-0.05, 0) is 24.0 Å². The molecule has 4 heteroatoms. The van der Waals surface area contributed by atoms with Crippen LogP contribution in [0.15, 0.2) is 24.3 Å². The summed E-state index contributed by atoms with van der Waals surface area (Å²) >= 11 is 0. The smallest absolute Gasteiger partial charge is 0.324 e. The van der Waals surface area contributed by atoms with E-state index in [1.807, 2.05) is 24.3 Å². The largest absolute Gasteiger partial charge is 0.480 e. The number of hydrogen-bond donors (Lipinski definition) is 2. The van der Waals surface area contributed by atoms with Crippen molar-refractivity contribution in [1.82, 2.24) is 0 Å². The molecule has 0 saturated carbocycles. The molecule has 1 aromatic rings. The number of hydrogen-bond acceptors (Lipinski definition) is 2. The van der Waals surface area contributed by atoms with Crippen LogP contribution >= 0.6 is 12.4 Å². The second kappa shape index (κ2) is 4.21. The van der Waals surface area contributed by atoms with Gasteiger partial charge in [-0.2, -0.15) is 0 Å². The molecule has 0 saturated heterocycles. The highest BCUT2D eigenvalue weighted by molar-refractivity contribution is 5.85. The Morgan fingerprint density at radius 1 is 1.33 bits per heavy atom. The highest BCUT2D eigenvalue weighted by Gasteiger charge is 2.37. The fourth-order valence-electron chi connectivity index (χ4n) is 1.94. The number of aryl methyl sites for hydroxylation is 1. The van der Waals surface area contributed by atoms with Crippen molar-refractivity contribution in [1.29, 1.82) is 0 Å². The van der Waals surface area contributed by atoms with Crippen LogP contribution in [-0.4, -0.2) is 16.6 Å². The molecule has 0 unspecified atom stereocenters. The summed E-state index contributed by atoms with van der Waals surface area (Å²) in [7, 11) is 0. The number of carboxylic acids is 1. The quantitative estimate of drug-likeness (QED) is 0.762. The average Bonchev–Trinajstić information content (AvgIpc) is 2.17. The van der Waals surface area contributed by atoms with E-state index in [9.17, 15) is 4.79 Å². The van der Waals surface area contributed by atoms with Crippen molar-refractivity contribution < 1.29 is 9.90 Å². The maximum Gasteiger partial charge on any atom is 0.324 e. The molecule has 82 valence electrons. The van der Waals surface area contributed by atoms with Gasteiger partial charge in [0, 0.05) is 6.42 Å². The SMILES string of the molecule is Cl.N[C@@]1(C(=O)O)CCc2ccccc2C1. The number of nitrogens with two attached hydrogens (primary N) is 1. The van der Waals surface area contributed by atoms with Gasteiger partial charge in [0.25, 0.3) is 0 Å². The molecule has 1 aromatic carbocycles. The van der Waals surface area contributed by atoms with Crippen LogP contribution in [0.3, 0.4) is 0 Å². The van der Waals surface area contributed by atoms with E-state index in [0.29, 0.717) is 12.8 Å². The van der Waals surface area contributed by atoms with E-state index in [1.54, 1.807) is 0 Å². The third-order valence-electron chi connectivity index (χ3n) is 2.89. The van der Waals surface area contributed by atoms with E-state index in [-0.39, 0.29) is 12.4 Å². The van der Waals surface area contributed by atoms with Gasteiger partial charge < -0.3 is 10.8 Å². The normalized spacial score (nSPS) is 23.8. The van der Waals surface area contributed by atoms with Crippen LogP contribution < -0.4 is 5.73 Å². The summed E-state index contributed by atoms with van der Waals surface area (Å²) in [6.45, 7) is 0. The van der Waals surface area contributed by atoms with Crippen molar-refractivity contribution >= 4 is 18.4 Å². The van der Waals surface area contributed by atoms with Gasteiger partial charge in [0.05, 0.1) is 0 Å². The Hall–Kier alpha value is -1.06. The fraction of sp³-hybridized carbons (Fsp3) is 0.364. The van der Waals surface area contributed by atoms with Gasteiger partial charge >= 0.3 is 5.97 Å². The number of benzene rings is 1. The number of aliphatic carboxylic acids is 1. The first-order valence-electron chi connectivity index (χ1n) is 4.71. The predicted octanol–water partition coefficient (Wildman–Crippen LogP) is 1.38. The summed E-state index contributed by atoms with van der Waals surface area (Å²) in [5, 5.41) is 9.00. The van der Waals surface area contributed by atoms with Crippen LogP contribution in [0.25, 0.3) is 0 Å². The molecule has 0 heterocycles. The van der Waals surface area contributed by atoms with E-state index in [4.69, 9.17) is 10.8 Å². The number of halogens is 1. The Kier molecular flexibility index (Phi) is 3.37. The number of carboxylic acid groups (broad SMARTS) is 1. The summed E-state index contributed by atoms with van der Waals surface area (Å²) in [5.41, 5.74) is 7.06. The molecule has 0 aliphatic heterocycles. The minimum Gasteiger partial charge on any atom is -0.480 e. The highest BCUT2D eigenvalue weighted by atomic mass is 35.5. The van der Waals surface area contributed by atoms with Crippen molar-refractivity contribution in [2.75, 3.05) is 0 Å². The molecular formula is C11H14ClNO2. The standard InChI is InChI=1S/C11H13NO2.ClH/c12-11(10(13)14)6-5-8-3-1-2-4-9(8)7-11;/h1-4H,5-7,12H2,(H,13,14);1H/t11-;/m0./s1. The van der Waals surface area contributed by atoms with Gasteiger partial charge in [0.15, 0.2) is 0 Å². The van der Waals surface area contributed by atoms with Crippen molar-refractivity contribution in [3.8, 4) is 0 Å². The molecule has 0 spiro atoms. The van der Waals surface area contributed by atoms with Crippen molar-refractivity contribution in [2.24, 2.45) is 5.73 Å². The summed E-state index contributed by atoms with van der Waals surface area (Å²) in [4.78, 5) is 11.0. The molecular weight excluding hydrogens is 214 g/mol. The Morgan fingerprint density at radius 3 is 2.53 bits per heavy atom. The molecule has 0 amide bonds. The molecule has 0 radical (unpaired) electrons. The number of carbonyl (C=O) groups is 1. The van der Waals surface area contributed by atoms with Crippen molar-refractivity contribution in [3.63, 3.8) is 0 Å². The lowest BCUT2D eigenvalue weighted by Crippen LogP contribution is -2.52. The molecule has 1 atom stereocenters. The van der Waals surface area contributed by atoms with Gasteiger partial charge in [0.1, 0.15) is 5.54 Å². The molecule has 0 aromatic heterocycles. The van der Waals surface area contributed by atoms with Crippen LogP contribution in [0.5, 0.6) is 0 Å². The van der Waals surface area contributed by atoms with Crippen LogP contribution in [0.1, 0.15) is 17.5 Å². The van der Waals surface area contributed by atoms with Gasteiger partial charge in [-0.1, -0.05) is 24.3 Å². The van der Waals surface area contributed by atoms with E-state index in [2.05, 4.69) is 0 Å². The van der Waals surface area contributed by atoms with Crippen molar-refractivity contribution in [2.45, 2.75) is 24.8 Å². The lowest BCUT2D eigenvalue weighted by atomic mass is 9.79. The zero-order valence-electron chi connectivity index (χ0n) is 8.27. The van der Waals surface area contributed by atoms with E-state index in [0.717, 1.165) is 12.0 Å². The summed E-state index contributed by atoms with van der Waals surface area (Å²) < 4.78 is 0. The van der Waals surface area contributed by atoms with Crippen LogP contribution in [0, 0.1) is 0 Å². The molecule has 3 nitrogen and oxygen atoms in total. The fourth-order valence-corrected chi connectivity index (χ4v) is 1.94. The molecule has 0 fully saturated rings. The van der Waals surface area contributed by atoms with Gasteiger partial charge in [0.2, 0.25) is 0 Å². The van der Waals surface area contributed by atoms with Crippen LogP contribution in [0.2, 0.25) is 0 Å². The van der Waals surface area contributed by atoms with E-state index >= 15 is 0 Å².